The van der Waals surface area contributed by atoms with Crippen molar-refractivity contribution in [3.8, 4) is 11.5 Å². The molecule has 3 aliphatic heterocycles. The molecule has 5 atom stereocenters. The van der Waals surface area contributed by atoms with Crippen LogP contribution in [0.5, 0.6) is 11.5 Å². The number of fused-ring (bicyclic) bond motifs is 2. The highest BCUT2D eigenvalue weighted by atomic mass is 16.7. The molecule has 0 spiro atoms. The third-order valence-corrected chi connectivity index (χ3v) is 6.81. The van der Waals surface area contributed by atoms with Crippen molar-refractivity contribution >= 4 is 5.69 Å². The maximum absolute atomic E-state index is 11.3. The van der Waals surface area contributed by atoms with E-state index in [2.05, 4.69) is 21.2 Å². The van der Waals surface area contributed by atoms with E-state index in [4.69, 9.17) is 14.2 Å². The van der Waals surface area contributed by atoms with Gasteiger partial charge in [0.1, 0.15) is 17.6 Å². The Morgan fingerprint density at radius 3 is 2.59 bits per heavy atom. The van der Waals surface area contributed by atoms with Crippen molar-refractivity contribution in [2.24, 2.45) is 0 Å². The third kappa shape index (κ3) is 4.04. The number of aliphatic hydroxyl groups is 1. The molecule has 0 saturated carbocycles. The van der Waals surface area contributed by atoms with Crippen LogP contribution in [0.4, 0.5) is 5.69 Å². The topological polar surface area (TPSA) is 86.7 Å². The van der Waals surface area contributed by atoms with Crippen molar-refractivity contribution in [2.45, 2.75) is 37.1 Å². The van der Waals surface area contributed by atoms with E-state index in [-0.39, 0.29) is 23.9 Å². The zero-order valence-corrected chi connectivity index (χ0v) is 18.3. The number of nitrogens with zero attached hydrogens (tertiary/aromatic N) is 2. The van der Waals surface area contributed by atoms with Crippen molar-refractivity contribution in [3.63, 3.8) is 0 Å². The average Bonchev–Trinajstić information content (AvgIpc) is 3.25. The molecule has 2 aromatic carbocycles. The van der Waals surface area contributed by atoms with Gasteiger partial charge in [0.05, 0.1) is 37.6 Å². The highest BCUT2D eigenvalue weighted by molar-refractivity contribution is 5.58. The number of hydrogen-bond donors (Lipinski definition) is 3. The van der Waals surface area contributed by atoms with Crippen LogP contribution in [0.1, 0.15) is 5.56 Å². The minimum absolute atomic E-state index is 0.202. The SMILES string of the molecule is COc1ccccc1N1CCN([C@@H]2[C@@H]3OC[C@H](O3)[C@@H](NCc3ccccc3O)[C@@H]2O)CC1. The van der Waals surface area contributed by atoms with Gasteiger partial charge in [-0.2, -0.15) is 0 Å². The van der Waals surface area contributed by atoms with Crippen molar-refractivity contribution in [1.29, 1.82) is 0 Å². The Balaban J connectivity index is 1.25. The van der Waals surface area contributed by atoms with E-state index in [0.29, 0.717) is 13.2 Å². The molecule has 3 aliphatic rings. The van der Waals surface area contributed by atoms with Crippen molar-refractivity contribution in [1.82, 2.24) is 10.2 Å². The number of benzene rings is 2. The van der Waals surface area contributed by atoms with E-state index in [1.807, 2.05) is 30.3 Å². The Morgan fingerprint density at radius 1 is 1.06 bits per heavy atom. The molecule has 0 aromatic heterocycles. The molecule has 3 fully saturated rings. The summed E-state index contributed by atoms with van der Waals surface area (Å²) in [6.45, 7) is 4.15. The van der Waals surface area contributed by atoms with Gasteiger partial charge in [-0.25, -0.2) is 0 Å². The van der Waals surface area contributed by atoms with E-state index >= 15 is 0 Å². The second-order valence-corrected chi connectivity index (χ2v) is 8.59. The number of anilines is 1. The van der Waals surface area contributed by atoms with Gasteiger partial charge in [0.25, 0.3) is 0 Å². The quantitative estimate of drug-likeness (QED) is 0.616. The zero-order chi connectivity index (χ0) is 22.1. The largest absolute Gasteiger partial charge is 0.508 e. The molecule has 172 valence electrons. The van der Waals surface area contributed by atoms with Crippen LogP contribution in [0.3, 0.4) is 0 Å². The predicted molar refractivity (Wildman–Crippen MR) is 120 cm³/mol. The van der Waals surface area contributed by atoms with Crippen LogP contribution < -0.4 is 15.0 Å². The van der Waals surface area contributed by atoms with Crippen molar-refractivity contribution in [3.05, 3.63) is 54.1 Å². The van der Waals surface area contributed by atoms with Crippen molar-refractivity contribution in [2.75, 3.05) is 44.8 Å². The number of ether oxygens (including phenoxy) is 3. The summed E-state index contributed by atoms with van der Waals surface area (Å²) >= 11 is 0. The lowest BCUT2D eigenvalue weighted by Crippen LogP contribution is -2.66. The summed E-state index contributed by atoms with van der Waals surface area (Å²) in [6.07, 6.45) is -1.26. The Labute approximate surface area is 188 Å². The maximum atomic E-state index is 11.3. The first kappa shape index (κ1) is 21.5. The van der Waals surface area contributed by atoms with Crippen LogP contribution in [0.2, 0.25) is 0 Å². The number of rotatable bonds is 6. The molecule has 3 saturated heterocycles. The first-order chi connectivity index (χ1) is 15.7. The number of aromatic hydroxyl groups is 1. The molecule has 5 rings (SSSR count). The van der Waals surface area contributed by atoms with Gasteiger partial charge >= 0.3 is 0 Å². The molecule has 2 aromatic rings. The zero-order valence-electron chi connectivity index (χ0n) is 18.3. The molecule has 3 heterocycles. The minimum atomic E-state index is -0.634. The monoisotopic (exact) mass is 441 g/mol. The van der Waals surface area contributed by atoms with E-state index < -0.39 is 12.4 Å². The van der Waals surface area contributed by atoms with E-state index in [1.165, 1.54) is 0 Å². The fourth-order valence-electron chi connectivity index (χ4n) is 5.08. The molecule has 8 nitrogen and oxygen atoms in total. The van der Waals surface area contributed by atoms with E-state index in [9.17, 15) is 10.2 Å². The number of para-hydroxylation sites is 3. The molecule has 32 heavy (non-hydrogen) atoms. The van der Waals surface area contributed by atoms with E-state index in [0.717, 1.165) is 43.2 Å². The van der Waals surface area contributed by atoms with Crippen LogP contribution in [-0.2, 0) is 16.0 Å². The van der Waals surface area contributed by atoms with E-state index in [1.54, 1.807) is 19.2 Å². The van der Waals surface area contributed by atoms with Crippen LogP contribution in [0.25, 0.3) is 0 Å². The number of methoxy groups -OCH3 is 1. The number of phenolic OH excluding ortho intramolecular Hbond substituents is 1. The molecule has 3 N–H and O–H groups in total. The normalized spacial score (nSPS) is 30.4. The predicted octanol–water partition coefficient (Wildman–Crippen LogP) is 1.17. The molecule has 2 bridgehead atoms. The number of phenols is 1. The van der Waals surface area contributed by atoms with Crippen molar-refractivity contribution < 1.29 is 24.4 Å². The van der Waals surface area contributed by atoms with Gasteiger partial charge in [0.15, 0.2) is 6.29 Å². The Hall–Kier alpha value is -2.36. The number of piperazine rings is 1. The highest BCUT2D eigenvalue weighted by Gasteiger charge is 2.52. The second-order valence-electron chi connectivity index (χ2n) is 8.59. The standard InChI is InChI=1S/C24H31N3O5/c1-30-19-9-5-3-7-17(19)26-10-12-27(13-11-26)22-23(29)21(20-15-31-24(22)32-20)25-14-16-6-2-4-8-18(16)28/h2-9,20-25,28-29H,10-15H2,1H3/t20-,21+,22-,23-,24+/m0/s1. The lowest BCUT2D eigenvalue weighted by Gasteiger charge is -2.47. The molecule has 0 radical (unpaired) electrons. The highest BCUT2D eigenvalue weighted by Crippen LogP contribution is 2.34. The van der Waals surface area contributed by atoms with Gasteiger partial charge in [0.2, 0.25) is 0 Å². The van der Waals surface area contributed by atoms with Gasteiger partial charge in [-0.15, -0.1) is 0 Å². The van der Waals surface area contributed by atoms with Gasteiger partial charge in [-0.3, -0.25) is 4.90 Å². The molecular formula is C24H31N3O5. The van der Waals surface area contributed by atoms with Gasteiger partial charge in [-0.05, 0) is 18.2 Å². The summed E-state index contributed by atoms with van der Waals surface area (Å²) in [4.78, 5) is 4.59. The lowest BCUT2D eigenvalue weighted by atomic mass is 9.94. The molecule has 0 aliphatic carbocycles. The Bertz CT molecular complexity index is 920. The van der Waals surface area contributed by atoms with Crippen LogP contribution in [0, 0.1) is 0 Å². The number of aliphatic hydroxyl groups excluding tert-OH is 1. The fraction of sp³-hybridized carbons (Fsp3) is 0.500. The minimum Gasteiger partial charge on any atom is -0.508 e. The smallest absolute Gasteiger partial charge is 0.176 e. The summed E-state index contributed by atoms with van der Waals surface area (Å²) in [5.41, 5.74) is 1.89. The first-order valence-corrected chi connectivity index (χ1v) is 11.2. The fourth-order valence-corrected chi connectivity index (χ4v) is 5.08. The lowest BCUT2D eigenvalue weighted by molar-refractivity contribution is -0.183. The molecule has 0 amide bonds. The molecular weight excluding hydrogens is 410 g/mol. The molecule has 8 heteroatoms. The number of nitrogens with one attached hydrogen (secondary N) is 1. The van der Waals surface area contributed by atoms with Gasteiger partial charge < -0.3 is 34.6 Å². The summed E-state index contributed by atoms with van der Waals surface area (Å²) in [7, 11) is 1.70. The summed E-state index contributed by atoms with van der Waals surface area (Å²) in [5.74, 6) is 1.12. The average molecular weight is 442 g/mol. The first-order valence-electron chi connectivity index (χ1n) is 11.2. The summed E-state index contributed by atoms with van der Waals surface area (Å²) in [6, 6.07) is 14.8. The van der Waals surface area contributed by atoms with Crippen LogP contribution in [0.15, 0.2) is 48.5 Å². The van der Waals surface area contributed by atoms with Crippen LogP contribution >= 0.6 is 0 Å². The summed E-state index contributed by atoms with van der Waals surface area (Å²) < 4.78 is 17.6. The molecule has 0 unspecified atom stereocenters. The maximum Gasteiger partial charge on any atom is 0.176 e. The summed E-state index contributed by atoms with van der Waals surface area (Å²) in [5, 5.41) is 24.8. The Morgan fingerprint density at radius 2 is 1.81 bits per heavy atom. The van der Waals surface area contributed by atoms with Gasteiger partial charge in [-0.1, -0.05) is 30.3 Å². The van der Waals surface area contributed by atoms with Crippen LogP contribution in [-0.4, -0.2) is 85.6 Å². The number of hydrogen-bond acceptors (Lipinski definition) is 8. The third-order valence-electron chi connectivity index (χ3n) is 6.81. The second kappa shape index (κ2) is 9.25. The Kier molecular flexibility index (Phi) is 6.21. The van der Waals surface area contributed by atoms with Gasteiger partial charge in [0, 0.05) is 38.3 Å².